The molecule has 0 aromatic heterocycles. The Hall–Kier alpha value is -3.94. The molecule has 4 aromatic carbocycles. The largest absolute Gasteiger partial charge is 0.451 e. The molecule has 226 valence electrons. The van der Waals surface area contributed by atoms with E-state index in [9.17, 15) is 13.2 Å². The van der Waals surface area contributed by atoms with Crippen molar-refractivity contribution in [3.8, 4) is 11.8 Å². The van der Waals surface area contributed by atoms with Crippen LogP contribution in [0.5, 0.6) is 0 Å². The van der Waals surface area contributed by atoms with Crippen LogP contribution in [0.3, 0.4) is 0 Å². The normalized spacial score (nSPS) is 12.6. The van der Waals surface area contributed by atoms with Gasteiger partial charge in [0.2, 0.25) is 5.90 Å². The zero-order chi connectivity index (χ0) is 32.1. The molecule has 44 heavy (non-hydrogen) atoms. The Morgan fingerprint density at radius 3 is 2.05 bits per heavy atom. The number of rotatable bonds is 7. The molecule has 0 saturated carbocycles. The van der Waals surface area contributed by atoms with Crippen molar-refractivity contribution in [3.63, 3.8) is 0 Å². The number of carbonyl (C=O) groups excluding carboxylic acids is 1. The fourth-order valence-corrected chi connectivity index (χ4v) is 6.74. The standard InChI is InChI=1S/C36H34INO5S/c1-24-17-19-31(37)30(23-24)34(38-44(40,41)33-26(3)21-25(2)22-27(33)4)42-32(20-18-28-13-9-7-10-14-28)35(39)43-36(5,6)29-15-11-8-12-16-29/h7-17,19,21-23,32H,1-6H3/b38-34-/t32-/m0/s1. The summed E-state index contributed by atoms with van der Waals surface area (Å²) in [5.74, 6) is 4.82. The minimum Gasteiger partial charge on any atom is -0.451 e. The van der Waals surface area contributed by atoms with Crippen molar-refractivity contribution in [2.45, 2.75) is 58.1 Å². The Bertz CT molecular complexity index is 1850. The maximum Gasteiger partial charge on any atom is 0.361 e. The van der Waals surface area contributed by atoms with E-state index in [2.05, 4.69) is 38.8 Å². The van der Waals surface area contributed by atoms with Gasteiger partial charge in [-0.2, -0.15) is 8.42 Å². The molecule has 1 atom stereocenters. The molecule has 0 saturated heterocycles. The molecule has 4 rings (SSSR count). The van der Waals surface area contributed by atoms with E-state index < -0.39 is 27.7 Å². The van der Waals surface area contributed by atoms with E-state index in [0.29, 0.717) is 25.8 Å². The van der Waals surface area contributed by atoms with E-state index >= 15 is 0 Å². The first-order valence-electron chi connectivity index (χ1n) is 14.0. The predicted molar refractivity (Wildman–Crippen MR) is 182 cm³/mol. The summed E-state index contributed by atoms with van der Waals surface area (Å²) in [4.78, 5) is 13.9. The van der Waals surface area contributed by atoms with Crippen LogP contribution in [-0.4, -0.2) is 26.4 Å². The summed E-state index contributed by atoms with van der Waals surface area (Å²) in [5.41, 5.74) is 3.74. The molecule has 0 spiro atoms. The fourth-order valence-electron chi connectivity index (χ4n) is 4.79. The molecule has 0 heterocycles. The molecule has 0 unspecified atom stereocenters. The van der Waals surface area contributed by atoms with E-state index in [1.807, 2.05) is 74.5 Å². The van der Waals surface area contributed by atoms with Crippen molar-refractivity contribution in [1.82, 2.24) is 0 Å². The second-order valence-electron chi connectivity index (χ2n) is 11.0. The number of ether oxygens (including phenoxy) is 2. The molecule has 6 nitrogen and oxygen atoms in total. The Morgan fingerprint density at radius 1 is 0.841 bits per heavy atom. The van der Waals surface area contributed by atoms with Crippen molar-refractivity contribution in [3.05, 3.63) is 134 Å². The molecule has 0 fully saturated rings. The van der Waals surface area contributed by atoms with E-state index in [0.717, 1.165) is 16.7 Å². The van der Waals surface area contributed by atoms with Crippen LogP contribution in [0.15, 0.2) is 100 Å². The summed E-state index contributed by atoms with van der Waals surface area (Å²) < 4.78 is 44.9. The third-order valence-corrected chi connectivity index (χ3v) is 9.31. The van der Waals surface area contributed by atoms with Crippen molar-refractivity contribution in [2.75, 3.05) is 0 Å². The van der Waals surface area contributed by atoms with Crippen LogP contribution in [-0.2, 0) is 29.9 Å². The van der Waals surface area contributed by atoms with Gasteiger partial charge >= 0.3 is 5.97 Å². The van der Waals surface area contributed by atoms with Crippen LogP contribution < -0.4 is 0 Å². The first kappa shape index (κ1) is 33.0. The van der Waals surface area contributed by atoms with Gasteiger partial charge in [-0.25, -0.2) is 4.79 Å². The average molecular weight is 720 g/mol. The lowest BCUT2D eigenvalue weighted by Crippen LogP contribution is -2.35. The quantitative estimate of drug-likeness (QED) is 0.0647. The Labute approximate surface area is 273 Å². The van der Waals surface area contributed by atoms with Gasteiger partial charge in [-0.05, 0) is 111 Å². The average Bonchev–Trinajstić information content (AvgIpc) is 2.96. The van der Waals surface area contributed by atoms with Gasteiger partial charge in [-0.1, -0.05) is 83.8 Å². The molecule has 0 aliphatic carbocycles. The maximum atomic E-state index is 13.9. The van der Waals surface area contributed by atoms with Gasteiger partial charge in [0.25, 0.3) is 16.1 Å². The van der Waals surface area contributed by atoms with E-state index in [1.165, 1.54) is 0 Å². The van der Waals surface area contributed by atoms with Gasteiger partial charge in [-0.15, -0.1) is 4.40 Å². The highest BCUT2D eigenvalue weighted by molar-refractivity contribution is 14.1. The van der Waals surface area contributed by atoms with Gasteiger partial charge in [0.1, 0.15) is 5.60 Å². The Balaban J connectivity index is 1.85. The van der Waals surface area contributed by atoms with E-state index in [1.54, 1.807) is 58.0 Å². The lowest BCUT2D eigenvalue weighted by atomic mass is 9.98. The zero-order valence-electron chi connectivity index (χ0n) is 25.5. The lowest BCUT2D eigenvalue weighted by molar-refractivity contribution is -0.163. The number of hydrogen-bond acceptors (Lipinski definition) is 5. The maximum absolute atomic E-state index is 13.9. The summed E-state index contributed by atoms with van der Waals surface area (Å²) in [5, 5.41) is 0. The topological polar surface area (TPSA) is 82.0 Å². The van der Waals surface area contributed by atoms with Crippen LogP contribution in [0.2, 0.25) is 0 Å². The van der Waals surface area contributed by atoms with Crippen LogP contribution in [0, 0.1) is 43.1 Å². The molecule has 4 aromatic rings. The molecule has 0 amide bonds. The molecule has 0 bridgehead atoms. The number of aryl methyl sites for hydroxylation is 4. The predicted octanol–water partition coefficient (Wildman–Crippen LogP) is 7.58. The third kappa shape index (κ3) is 8.16. The number of hydrogen-bond donors (Lipinski definition) is 0. The van der Waals surface area contributed by atoms with Crippen LogP contribution in [0.1, 0.15) is 52.8 Å². The van der Waals surface area contributed by atoms with Crippen LogP contribution in [0.4, 0.5) is 0 Å². The summed E-state index contributed by atoms with van der Waals surface area (Å²) in [6.07, 6.45) is -1.50. The fraction of sp³-hybridized carbons (Fsp3) is 0.222. The molecular formula is C36H34INO5S. The monoisotopic (exact) mass is 719 g/mol. The summed E-state index contributed by atoms with van der Waals surface area (Å²) in [7, 11) is -4.27. The van der Waals surface area contributed by atoms with Crippen molar-refractivity contribution in [2.24, 2.45) is 4.40 Å². The number of carbonyl (C=O) groups is 1. The SMILES string of the molecule is Cc1cc(C)c(S(=O)(=O)/N=C(\O[C@@H](C#Cc2ccccc2)C(=O)OC(C)(C)c2ccccc2)c2cc(C)ccc2I)c(C)c1. The first-order chi connectivity index (χ1) is 20.8. The first-order valence-corrected chi connectivity index (χ1v) is 16.5. The molecule has 0 aliphatic rings. The number of esters is 1. The van der Waals surface area contributed by atoms with Gasteiger partial charge in [0.05, 0.1) is 10.5 Å². The van der Waals surface area contributed by atoms with Gasteiger partial charge in [0.15, 0.2) is 0 Å². The van der Waals surface area contributed by atoms with Crippen molar-refractivity contribution < 1.29 is 22.7 Å². The highest BCUT2D eigenvalue weighted by atomic mass is 127. The Morgan fingerprint density at radius 2 is 1.43 bits per heavy atom. The highest BCUT2D eigenvalue weighted by Gasteiger charge is 2.32. The van der Waals surface area contributed by atoms with Gasteiger partial charge in [0, 0.05) is 9.13 Å². The molecule has 0 radical (unpaired) electrons. The number of halogens is 1. The van der Waals surface area contributed by atoms with Crippen molar-refractivity contribution >= 4 is 44.5 Å². The summed E-state index contributed by atoms with van der Waals surface area (Å²) in [6, 6.07) is 27.5. The number of benzene rings is 4. The number of sulfonamides is 1. The minimum atomic E-state index is -4.27. The minimum absolute atomic E-state index is 0.0894. The van der Waals surface area contributed by atoms with Crippen LogP contribution >= 0.6 is 22.6 Å². The third-order valence-electron chi connectivity index (χ3n) is 6.81. The molecule has 0 aliphatic heterocycles. The van der Waals surface area contributed by atoms with Crippen molar-refractivity contribution in [1.29, 1.82) is 0 Å². The molecular weight excluding hydrogens is 685 g/mol. The molecule has 0 N–H and O–H groups in total. The molecule has 8 heteroatoms. The van der Waals surface area contributed by atoms with Crippen LogP contribution in [0.25, 0.3) is 0 Å². The summed E-state index contributed by atoms with van der Waals surface area (Å²) in [6.45, 7) is 10.8. The Kier molecular flexibility index (Phi) is 10.3. The lowest BCUT2D eigenvalue weighted by Gasteiger charge is -2.27. The smallest absolute Gasteiger partial charge is 0.361 e. The zero-order valence-corrected chi connectivity index (χ0v) is 28.5. The summed E-state index contributed by atoms with van der Waals surface area (Å²) >= 11 is 2.09. The second-order valence-corrected chi connectivity index (χ2v) is 13.7. The number of nitrogens with zero attached hydrogens (tertiary/aromatic N) is 1. The van der Waals surface area contributed by atoms with Gasteiger partial charge < -0.3 is 9.47 Å². The van der Waals surface area contributed by atoms with Gasteiger partial charge in [-0.3, -0.25) is 0 Å². The highest BCUT2D eigenvalue weighted by Crippen LogP contribution is 2.28. The van der Waals surface area contributed by atoms with E-state index in [-0.39, 0.29) is 10.8 Å². The van der Waals surface area contributed by atoms with E-state index in [4.69, 9.17) is 9.47 Å². The second kappa shape index (κ2) is 13.8.